The van der Waals surface area contributed by atoms with Crippen LogP contribution in [0.25, 0.3) is 11.0 Å². The van der Waals surface area contributed by atoms with Crippen molar-refractivity contribution in [2.75, 3.05) is 26.3 Å². The largest absolute Gasteiger partial charge is 0.490 e. The van der Waals surface area contributed by atoms with Crippen molar-refractivity contribution in [3.05, 3.63) is 34.7 Å². The fourth-order valence-electron chi connectivity index (χ4n) is 4.00. The first-order valence-electron chi connectivity index (χ1n) is 9.58. The number of aliphatic carboxylic acids is 1. The van der Waals surface area contributed by atoms with Crippen LogP contribution in [0.4, 0.5) is 13.2 Å². The third-order valence-corrected chi connectivity index (χ3v) is 5.44. The molecule has 4 rings (SSSR count). The first-order valence-corrected chi connectivity index (χ1v) is 9.58. The minimum absolute atomic E-state index is 0.0331. The summed E-state index contributed by atoms with van der Waals surface area (Å²) in [4.78, 5) is 26.8. The molecule has 1 aromatic carbocycles. The Kier molecular flexibility index (Phi) is 6.63. The molecule has 2 fully saturated rings. The second kappa shape index (κ2) is 9.00. The van der Waals surface area contributed by atoms with Crippen LogP contribution < -0.4 is 5.69 Å². The number of ether oxygens (including phenoxy) is 1. The van der Waals surface area contributed by atoms with Crippen molar-refractivity contribution in [3.8, 4) is 0 Å². The van der Waals surface area contributed by atoms with E-state index in [0.29, 0.717) is 12.1 Å². The number of nitrogens with one attached hydrogen (secondary N) is 1. The van der Waals surface area contributed by atoms with Gasteiger partial charge >= 0.3 is 17.8 Å². The maximum atomic E-state index is 12.3. The van der Waals surface area contributed by atoms with Crippen LogP contribution in [-0.4, -0.2) is 64.0 Å². The molecule has 1 aromatic heterocycles. The summed E-state index contributed by atoms with van der Waals surface area (Å²) in [6.07, 6.45) is -0.673. The number of likely N-dealkylation sites (tertiary alicyclic amines) is 1. The Bertz CT molecular complexity index is 879. The maximum absolute atomic E-state index is 12.3. The Labute approximate surface area is 165 Å². The number of piperidine rings is 1. The van der Waals surface area contributed by atoms with Gasteiger partial charge in [-0.1, -0.05) is 12.1 Å². The maximum Gasteiger partial charge on any atom is 0.490 e. The van der Waals surface area contributed by atoms with Crippen LogP contribution in [0.15, 0.2) is 29.1 Å². The lowest BCUT2D eigenvalue weighted by Crippen LogP contribution is -2.45. The molecule has 3 heterocycles. The van der Waals surface area contributed by atoms with E-state index in [0.717, 1.165) is 63.0 Å². The first kappa shape index (κ1) is 21.4. The highest BCUT2D eigenvalue weighted by Crippen LogP contribution is 2.27. The normalized spacial score (nSPS) is 19.7. The summed E-state index contributed by atoms with van der Waals surface area (Å²) in [7, 11) is 0. The van der Waals surface area contributed by atoms with Crippen molar-refractivity contribution < 1.29 is 27.8 Å². The number of nitrogens with zero attached hydrogens (tertiary/aromatic N) is 2. The van der Waals surface area contributed by atoms with Crippen LogP contribution in [0.5, 0.6) is 0 Å². The number of carboxylic acids is 1. The van der Waals surface area contributed by atoms with Gasteiger partial charge in [0.15, 0.2) is 0 Å². The summed E-state index contributed by atoms with van der Waals surface area (Å²) >= 11 is 0. The number of aromatic nitrogens is 2. The number of fused-ring (bicyclic) bond motifs is 1. The number of alkyl halides is 3. The Morgan fingerprint density at radius 3 is 2.24 bits per heavy atom. The summed E-state index contributed by atoms with van der Waals surface area (Å²) < 4.78 is 39.2. The number of hydrogen-bond acceptors (Lipinski definition) is 4. The van der Waals surface area contributed by atoms with Crippen molar-refractivity contribution in [3.63, 3.8) is 0 Å². The molecule has 0 spiro atoms. The van der Waals surface area contributed by atoms with Gasteiger partial charge in [-0.3, -0.25) is 4.57 Å². The van der Waals surface area contributed by atoms with Crippen LogP contribution >= 0.6 is 0 Å². The summed E-state index contributed by atoms with van der Waals surface area (Å²) in [6, 6.07) is 8.98. The smallest absolute Gasteiger partial charge is 0.475 e. The highest BCUT2D eigenvalue weighted by atomic mass is 19.4. The minimum Gasteiger partial charge on any atom is -0.475 e. The van der Waals surface area contributed by atoms with Gasteiger partial charge < -0.3 is 19.7 Å². The number of para-hydroxylation sites is 2. The van der Waals surface area contributed by atoms with Crippen LogP contribution in [0.3, 0.4) is 0 Å². The monoisotopic (exact) mass is 415 g/mol. The highest BCUT2D eigenvalue weighted by molar-refractivity contribution is 5.75. The second-order valence-electron chi connectivity index (χ2n) is 7.23. The van der Waals surface area contributed by atoms with E-state index in [4.69, 9.17) is 14.6 Å². The molecule has 160 valence electrons. The fourth-order valence-corrected chi connectivity index (χ4v) is 4.00. The van der Waals surface area contributed by atoms with Crippen LogP contribution in [0, 0.1) is 0 Å². The van der Waals surface area contributed by atoms with Crippen molar-refractivity contribution >= 4 is 17.0 Å². The molecule has 0 amide bonds. The lowest BCUT2D eigenvalue weighted by Gasteiger charge is -2.39. The molecule has 29 heavy (non-hydrogen) atoms. The SMILES string of the molecule is O=C(O)C(F)(F)F.O=c1[nH]c2ccccc2n1C1CCN(C2CCOCC2)CC1. The predicted molar refractivity (Wildman–Crippen MR) is 99.9 cm³/mol. The van der Waals surface area contributed by atoms with Gasteiger partial charge in [0.2, 0.25) is 0 Å². The predicted octanol–water partition coefficient (Wildman–Crippen LogP) is 2.78. The molecule has 0 atom stereocenters. The number of rotatable bonds is 2. The number of benzene rings is 1. The number of hydrogen-bond donors (Lipinski definition) is 2. The quantitative estimate of drug-likeness (QED) is 0.788. The molecule has 10 heteroatoms. The minimum atomic E-state index is -5.08. The van der Waals surface area contributed by atoms with E-state index >= 15 is 0 Å². The van der Waals surface area contributed by atoms with Gasteiger partial charge in [-0.05, 0) is 37.8 Å². The summed E-state index contributed by atoms with van der Waals surface area (Å²) in [6.45, 7) is 3.96. The molecule has 2 saturated heterocycles. The van der Waals surface area contributed by atoms with Gasteiger partial charge in [-0.2, -0.15) is 13.2 Å². The lowest BCUT2D eigenvalue weighted by atomic mass is 9.99. The Hall–Kier alpha value is -2.33. The molecule has 2 aliphatic heterocycles. The van der Waals surface area contributed by atoms with E-state index in [9.17, 15) is 18.0 Å². The van der Waals surface area contributed by atoms with E-state index in [2.05, 4.69) is 9.88 Å². The van der Waals surface area contributed by atoms with Gasteiger partial charge in [0.1, 0.15) is 0 Å². The summed E-state index contributed by atoms with van der Waals surface area (Å²) in [5, 5.41) is 7.12. The number of carbonyl (C=O) groups is 1. The van der Waals surface area contributed by atoms with Crippen LogP contribution in [0.1, 0.15) is 31.7 Å². The molecular weight excluding hydrogens is 391 g/mol. The molecule has 0 radical (unpaired) electrons. The van der Waals surface area contributed by atoms with E-state index < -0.39 is 12.1 Å². The number of aromatic amines is 1. The van der Waals surface area contributed by atoms with Crippen molar-refractivity contribution in [1.82, 2.24) is 14.5 Å². The Morgan fingerprint density at radius 2 is 1.66 bits per heavy atom. The van der Waals surface area contributed by atoms with Crippen molar-refractivity contribution in [2.45, 2.75) is 43.9 Å². The molecule has 2 aliphatic rings. The third kappa shape index (κ3) is 5.18. The summed E-state index contributed by atoms with van der Waals surface area (Å²) in [5.41, 5.74) is 2.02. The lowest BCUT2D eigenvalue weighted by molar-refractivity contribution is -0.192. The molecule has 0 bridgehead atoms. The standard InChI is InChI=1S/C17H23N3O2.C2HF3O2/c21-17-18-15-3-1-2-4-16(15)20(17)14-5-9-19(10-6-14)13-7-11-22-12-8-13;3-2(4,5)1(6)7/h1-4,13-14H,5-12H2,(H,18,21);(H,6,7). The zero-order chi connectivity index (χ0) is 21.0. The Morgan fingerprint density at radius 1 is 1.07 bits per heavy atom. The fraction of sp³-hybridized carbons (Fsp3) is 0.579. The third-order valence-electron chi connectivity index (χ3n) is 5.44. The van der Waals surface area contributed by atoms with E-state index in [1.807, 2.05) is 28.8 Å². The molecule has 0 saturated carbocycles. The topological polar surface area (TPSA) is 87.6 Å². The van der Waals surface area contributed by atoms with Gasteiger partial charge in [0, 0.05) is 38.4 Å². The molecule has 0 aliphatic carbocycles. The van der Waals surface area contributed by atoms with Gasteiger partial charge in [-0.15, -0.1) is 0 Å². The van der Waals surface area contributed by atoms with Gasteiger partial charge in [-0.25, -0.2) is 9.59 Å². The average Bonchev–Trinajstić information content (AvgIpc) is 3.04. The first-order chi connectivity index (χ1) is 13.8. The molecule has 0 unspecified atom stereocenters. The van der Waals surface area contributed by atoms with E-state index in [1.54, 1.807) is 0 Å². The van der Waals surface area contributed by atoms with Crippen LogP contribution in [-0.2, 0) is 9.53 Å². The van der Waals surface area contributed by atoms with E-state index in [-0.39, 0.29) is 5.69 Å². The van der Waals surface area contributed by atoms with Gasteiger partial charge in [0.05, 0.1) is 11.0 Å². The van der Waals surface area contributed by atoms with Crippen molar-refractivity contribution in [2.24, 2.45) is 0 Å². The second-order valence-corrected chi connectivity index (χ2v) is 7.23. The number of carboxylic acid groups (broad SMARTS) is 1. The molecule has 7 nitrogen and oxygen atoms in total. The number of H-pyrrole nitrogens is 1. The zero-order valence-electron chi connectivity index (χ0n) is 15.8. The molecule has 2 N–H and O–H groups in total. The molecular formula is C19H24F3N3O4. The van der Waals surface area contributed by atoms with Crippen LogP contribution in [0.2, 0.25) is 0 Å². The average molecular weight is 415 g/mol. The summed E-state index contributed by atoms with van der Waals surface area (Å²) in [5.74, 6) is -2.76. The number of halogens is 3. The zero-order valence-corrected chi connectivity index (χ0v) is 15.8. The highest BCUT2D eigenvalue weighted by Gasteiger charge is 2.38. The number of imidazole rings is 1. The van der Waals surface area contributed by atoms with E-state index in [1.165, 1.54) is 0 Å². The van der Waals surface area contributed by atoms with Gasteiger partial charge in [0.25, 0.3) is 0 Å². The Balaban J connectivity index is 0.000000298. The van der Waals surface area contributed by atoms with Crippen molar-refractivity contribution in [1.29, 1.82) is 0 Å². The molecule has 2 aromatic rings.